The second kappa shape index (κ2) is 16.7. The summed E-state index contributed by atoms with van der Waals surface area (Å²) >= 11 is 1.76. The van der Waals surface area contributed by atoms with Crippen LogP contribution in [0.5, 0.6) is 5.75 Å². The molecule has 4 rings (SSSR count). The Morgan fingerprint density at radius 3 is 2.56 bits per heavy atom. The van der Waals surface area contributed by atoms with Gasteiger partial charge in [-0.2, -0.15) is 0 Å². The lowest BCUT2D eigenvalue weighted by Crippen LogP contribution is -2.26. The molecule has 1 aliphatic rings. The Balaban J connectivity index is 0.000000507. The van der Waals surface area contributed by atoms with Gasteiger partial charge in [-0.25, -0.2) is 9.29 Å². The lowest BCUT2D eigenvalue weighted by Gasteiger charge is -2.30. The molecule has 218 valence electrons. The van der Waals surface area contributed by atoms with E-state index in [0.717, 1.165) is 48.7 Å². The molecule has 0 amide bonds. The minimum Gasteiger partial charge on any atom is -0.493 e. The van der Waals surface area contributed by atoms with E-state index in [1.807, 2.05) is 37.3 Å². The third kappa shape index (κ3) is 10.4. The van der Waals surface area contributed by atoms with E-state index in [0.29, 0.717) is 19.4 Å². The highest BCUT2D eigenvalue weighted by atomic mass is 32.2. The van der Waals surface area contributed by atoms with Crippen LogP contribution in [0.3, 0.4) is 0 Å². The van der Waals surface area contributed by atoms with Gasteiger partial charge in [-0.05, 0) is 86.9 Å². The maximum Gasteiger partial charge on any atom is 0.303 e. The Hall–Kier alpha value is -3.55. The fourth-order valence-corrected chi connectivity index (χ4v) is 5.39. The van der Waals surface area contributed by atoms with Crippen molar-refractivity contribution < 1.29 is 19.1 Å². The van der Waals surface area contributed by atoms with Crippen molar-refractivity contribution in [1.29, 1.82) is 0 Å². The van der Waals surface area contributed by atoms with E-state index >= 15 is 0 Å². The molecule has 0 unspecified atom stereocenters. The number of aryl methyl sites for hydroxylation is 3. The summed E-state index contributed by atoms with van der Waals surface area (Å²) in [5.74, 6) is 0.941. The van der Waals surface area contributed by atoms with Gasteiger partial charge in [0.15, 0.2) is 6.39 Å². The molecule has 0 saturated carbocycles. The number of hydrogen-bond acceptors (Lipinski definition) is 6. The average molecular weight is 575 g/mol. The largest absolute Gasteiger partial charge is 0.493 e. The highest BCUT2D eigenvalue weighted by Gasteiger charge is 2.23. The number of carboxylic acids is 1. The summed E-state index contributed by atoms with van der Waals surface area (Å²) in [6.45, 7) is 13.9. The summed E-state index contributed by atoms with van der Waals surface area (Å²) in [4.78, 5) is 16.7. The molecular formula is C34H42N2O4S. The summed E-state index contributed by atoms with van der Waals surface area (Å²) in [6.07, 6.45) is 12.4. The number of ether oxygens (including phenoxy) is 1. The van der Waals surface area contributed by atoms with Crippen LogP contribution in [0.15, 0.2) is 88.6 Å². The van der Waals surface area contributed by atoms with Crippen molar-refractivity contribution in [2.24, 2.45) is 0 Å². The van der Waals surface area contributed by atoms with Gasteiger partial charge in [0, 0.05) is 36.4 Å². The molecule has 41 heavy (non-hydrogen) atoms. The van der Waals surface area contributed by atoms with Gasteiger partial charge in [0.2, 0.25) is 0 Å². The molecule has 6 nitrogen and oxygen atoms in total. The van der Waals surface area contributed by atoms with E-state index in [1.165, 1.54) is 33.6 Å². The van der Waals surface area contributed by atoms with Gasteiger partial charge in [0.05, 0.1) is 12.3 Å². The number of rotatable bonds is 12. The van der Waals surface area contributed by atoms with Crippen LogP contribution in [-0.4, -0.2) is 33.5 Å². The lowest BCUT2D eigenvalue weighted by molar-refractivity contribution is -0.136. The van der Waals surface area contributed by atoms with Gasteiger partial charge in [-0.1, -0.05) is 61.6 Å². The number of nitrogens with zero attached hydrogens (tertiary/aromatic N) is 2. The fourth-order valence-electron chi connectivity index (χ4n) is 4.46. The average Bonchev–Trinajstić information content (AvgIpc) is 3.37. The molecular weight excluding hydrogens is 532 g/mol. The predicted octanol–water partition coefficient (Wildman–Crippen LogP) is 7.94. The van der Waals surface area contributed by atoms with Crippen LogP contribution in [0, 0.1) is 6.92 Å². The van der Waals surface area contributed by atoms with Crippen LogP contribution < -0.4 is 4.74 Å². The first-order valence-corrected chi connectivity index (χ1v) is 14.9. The zero-order valence-corrected chi connectivity index (χ0v) is 25.5. The molecule has 7 heteroatoms. The molecule has 0 atom stereocenters. The number of aliphatic carboxylic acids is 1. The molecule has 2 heterocycles. The topological polar surface area (TPSA) is 75.8 Å². The van der Waals surface area contributed by atoms with Crippen LogP contribution in [0.4, 0.5) is 0 Å². The summed E-state index contributed by atoms with van der Waals surface area (Å²) in [5.41, 5.74) is 7.06. The van der Waals surface area contributed by atoms with Crippen LogP contribution in [0.1, 0.15) is 60.9 Å². The fraction of sp³-hybridized carbons (Fsp3) is 0.353. The number of allylic oxidation sites excluding steroid dienone is 5. The summed E-state index contributed by atoms with van der Waals surface area (Å²) < 4.78 is 13.8. The quantitative estimate of drug-likeness (QED) is 0.174. The zero-order chi connectivity index (χ0) is 29.6. The van der Waals surface area contributed by atoms with E-state index in [2.05, 4.69) is 60.9 Å². The standard InChI is InChI=1S/C26H30N2O4S.C8H12/c1-3-19-4-8-21(9-5-19)33-28-14-12-22-23(16-28)20(7-11-26(29)30)6-10-25(22)31-15-13-24-18(2)32-17-27-24;1-4-5-6-7-8(2)3/h4-6,8-10,17H,3,7,11-16H2,1-2H3,(H,29,30);4-7H,1H2,2-3H3/b;6-5-. The van der Waals surface area contributed by atoms with Crippen molar-refractivity contribution in [3.63, 3.8) is 0 Å². The van der Waals surface area contributed by atoms with Crippen LogP contribution in [0.2, 0.25) is 0 Å². The second-order valence-corrected chi connectivity index (χ2v) is 11.3. The summed E-state index contributed by atoms with van der Waals surface area (Å²) in [6, 6.07) is 12.7. The first kappa shape index (κ1) is 32.0. The smallest absolute Gasteiger partial charge is 0.303 e. The second-order valence-electron chi connectivity index (χ2n) is 10.1. The van der Waals surface area contributed by atoms with E-state index in [9.17, 15) is 9.90 Å². The third-order valence-electron chi connectivity index (χ3n) is 6.72. The Bertz CT molecular complexity index is 1340. The minimum atomic E-state index is -0.773. The maximum atomic E-state index is 11.2. The monoisotopic (exact) mass is 574 g/mol. The Morgan fingerprint density at radius 1 is 1.15 bits per heavy atom. The Labute approximate surface area is 249 Å². The van der Waals surface area contributed by atoms with Gasteiger partial charge < -0.3 is 14.3 Å². The predicted molar refractivity (Wildman–Crippen MR) is 167 cm³/mol. The molecule has 1 aliphatic heterocycles. The van der Waals surface area contributed by atoms with Crippen molar-refractivity contribution in [2.75, 3.05) is 13.2 Å². The highest BCUT2D eigenvalue weighted by molar-refractivity contribution is 7.97. The normalized spacial score (nSPS) is 12.8. The SMILES string of the molecule is C=C/C=C\C=C(C)C.CCc1ccc(SN2CCc3c(OCCc4ncoc4C)ccc(CCC(=O)O)c3C2)cc1. The van der Waals surface area contributed by atoms with E-state index < -0.39 is 5.97 Å². The number of carboxylic acid groups (broad SMARTS) is 1. The molecule has 1 aromatic heterocycles. The van der Waals surface area contributed by atoms with Gasteiger partial charge in [-0.3, -0.25) is 4.79 Å². The van der Waals surface area contributed by atoms with Crippen molar-refractivity contribution in [2.45, 2.75) is 71.2 Å². The van der Waals surface area contributed by atoms with Gasteiger partial charge in [0.1, 0.15) is 11.5 Å². The highest BCUT2D eigenvalue weighted by Crippen LogP contribution is 2.36. The Morgan fingerprint density at radius 2 is 1.93 bits per heavy atom. The first-order chi connectivity index (χ1) is 19.8. The van der Waals surface area contributed by atoms with Crippen LogP contribution >= 0.6 is 11.9 Å². The van der Waals surface area contributed by atoms with Crippen LogP contribution in [0.25, 0.3) is 0 Å². The van der Waals surface area contributed by atoms with Gasteiger partial charge >= 0.3 is 5.97 Å². The van der Waals surface area contributed by atoms with Gasteiger partial charge in [0.25, 0.3) is 0 Å². The molecule has 0 aliphatic carbocycles. The third-order valence-corrected chi connectivity index (χ3v) is 7.78. The van der Waals surface area contributed by atoms with Crippen LogP contribution in [-0.2, 0) is 37.0 Å². The number of carbonyl (C=O) groups is 1. The minimum absolute atomic E-state index is 0.129. The molecule has 0 bridgehead atoms. The lowest BCUT2D eigenvalue weighted by atomic mass is 9.92. The zero-order valence-electron chi connectivity index (χ0n) is 24.7. The molecule has 1 N–H and O–H groups in total. The molecule has 0 saturated heterocycles. The van der Waals surface area contributed by atoms with Crippen molar-refractivity contribution in [3.05, 3.63) is 113 Å². The molecule has 0 radical (unpaired) electrons. The van der Waals surface area contributed by atoms with E-state index in [-0.39, 0.29) is 6.42 Å². The van der Waals surface area contributed by atoms with Gasteiger partial charge in [-0.15, -0.1) is 0 Å². The van der Waals surface area contributed by atoms with Crippen molar-refractivity contribution in [3.8, 4) is 5.75 Å². The van der Waals surface area contributed by atoms with E-state index in [4.69, 9.17) is 9.15 Å². The molecule has 0 fully saturated rings. The number of fused-ring (bicyclic) bond motifs is 1. The van der Waals surface area contributed by atoms with Crippen molar-refractivity contribution >= 4 is 17.9 Å². The number of hydrogen-bond donors (Lipinski definition) is 1. The number of aromatic nitrogens is 1. The number of oxazole rings is 1. The first-order valence-electron chi connectivity index (χ1n) is 14.1. The van der Waals surface area contributed by atoms with E-state index in [1.54, 1.807) is 18.0 Å². The molecule has 3 aromatic rings. The molecule has 0 spiro atoms. The number of benzene rings is 2. The van der Waals surface area contributed by atoms with Crippen molar-refractivity contribution in [1.82, 2.24) is 9.29 Å². The summed E-state index contributed by atoms with van der Waals surface area (Å²) in [5, 5.41) is 9.20. The summed E-state index contributed by atoms with van der Waals surface area (Å²) in [7, 11) is 0. The molecule has 2 aromatic carbocycles. The maximum absolute atomic E-state index is 11.2. The Kier molecular flexibility index (Phi) is 13.0.